The molecule has 2 aliphatic heterocycles. The van der Waals surface area contributed by atoms with E-state index in [-0.39, 0.29) is 23.1 Å². The highest BCUT2D eigenvalue weighted by molar-refractivity contribution is 5.82. The van der Waals surface area contributed by atoms with Crippen LogP contribution < -0.4 is 10.1 Å². The van der Waals surface area contributed by atoms with Gasteiger partial charge >= 0.3 is 0 Å². The second-order valence-electron chi connectivity index (χ2n) is 12.4. The summed E-state index contributed by atoms with van der Waals surface area (Å²) in [5.74, 6) is 0.769. The maximum atomic E-state index is 13.7. The van der Waals surface area contributed by atoms with Gasteiger partial charge in [0.2, 0.25) is 5.91 Å². The van der Waals surface area contributed by atoms with E-state index in [0.717, 1.165) is 43.8 Å². The zero-order valence-corrected chi connectivity index (χ0v) is 21.0. The average Bonchev–Trinajstić information content (AvgIpc) is 3.64. The first-order chi connectivity index (χ1) is 18.0. The topological polar surface area (TPSA) is 82.0 Å². The first kappa shape index (κ1) is 22.2. The molecule has 2 spiro atoms. The summed E-state index contributed by atoms with van der Waals surface area (Å²) in [4.78, 5) is 16.4. The number of aliphatic hydroxyl groups is 1. The minimum absolute atomic E-state index is 0.0987. The third kappa shape index (κ3) is 2.75. The molecule has 3 N–H and O–H groups in total. The van der Waals surface area contributed by atoms with E-state index < -0.39 is 23.0 Å². The third-order valence-corrected chi connectivity index (χ3v) is 10.7. The molecule has 0 radical (unpaired) electrons. The van der Waals surface area contributed by atoms with Gasteiger partial charge in [0.1, 0.15) is 11.7 Å². The van der Waals surface area contributed by atoms with E-state index in [1.165, 1.54) is 24.0 Å². The molecule has 0 unspecified atom stereocenters. The predicted octanol–water partition coefficient (Wildman–Crippen LogP) is 3.10. The molecule has 37 heavy (non-hydrogen) atoms. The summed E-state index contributed by atoms with van der Waals surface area (Å²) in [5, 5.41) is 26.3. The van der Waals surface area contributed by atoms with Crippen molar-refractivity contribution in [2.75, 3.05) is 19.6 Å². The van der Waals surface area contributed by atoms with Crippen molar-refractivity contribution >= 4 is 5.91 Å². The summed E-state index contributed by atoms with van der Waals surface area (Å²) in [5.41, 5.74) is 1.39. The van der Waals surface area contributed by atoms with E-state index in [9.17, 15) is 15.0 Å². The van der Waals surface area contributed by atoms with Gasteiger partial charge in [-0.05, 0) is 68.2 Å². The Labute approximate surface area is 217 Å². The van der Waals surface area contributed by atoms with Crippen molar-refractivity contribution in [3.8, 4) is 11.5 Å². The number of amides is 1. The number of piperidine rings is 1. The van der Waals surface area contributed by atoms with Crippen molar-refractivity contribution in [2.24, 2.45) is 17.3 Å². The molecule has 7 aliphatic rings. The summed E-state index contributed by atoms with van der Waals surface area (Å²) < 4.78 is 6.57. The van der Waals surface area contributed by atoms with Gasteiger partial charge in [0.15, 0.2) is 11.5 Å². The number of benzene rings is 2. The van der Waals surface area contributed by atoms with Crippen LogP contribution in [-0.4, -0.2) is 58.4 Å². The average molecular weight is 499 g/mol. The van der Waals surface area contributed by atoms with Crippen LogP contribution in [0.1, 0.15) is 42.4 Å². The number of likely N-dealkylation sites (tertiary alicyclic amines) is 1. The van der Waals surface area contributed by atoms with Crippen molar-refractivity contribution < 1.29 is 19.7 Å². The molecular formula is C31H34N2O4. The van der Waals surface area contributed by atoms with Crippen molar-refractivity contribution in [2.45, 2.75) is 61.7 Å². The van der Waals surface area contributed by atoms with E-state index in [0.29, 0.717) is 18.7 Å². The Bertz CT molecular complexity index is 1320. The predicted molar refractivity (Wildman–Crippen MR) is 138 cm³/mol. The van der Waals surface area contributed by atoms with Gasteiger partial charge in [-0.3, -0.25) is 9.69 Å². The summed E-state index contributed by atoms with van der Waals surface area (Å²) in [6, 6.07) is 14.2. The number of carbonyl (C=O) groups is 1. The van der Waals surface area contributed by atoms with Crippen LogP contribution in [0.4, 0.5) is 0 Å². The second-order valence-corrected chi connectivity index (χ2v) is 12.4. The molecule has 4 bridgehead atoms. The Morgan fingerprint density at radius 3 is 2.78 bits per heavy atom. The molecule has 1 amide bonds. The number of carbonyl (C=O) groups excluding carboxylic acids is 1. The normalized spacial score (nSPS) is 38.2. The van der Waals surface area contributed by atoms with Crippen molar-refractivity contribution in [3.05, 3.63) is 71.3 Å². The number of phenolic OH excluding ortho intramolecular Hbond substituents is 1. The number of nitrogens with zero attached hydrogens (tertiary/aromatic N) is 1. The molecule has 2 saturated carbocycles. The molecule has 2 aromatic rings. The van der Waals surface area contributed by atoms with Crippen LogP contribution in [-0.2, 0) is 23.1 Å². The van der Waals surface area contributed by atoms with Crippen LogP contribution in [0.25, 0.3) is 0 Å². The lowest BCUT2D eigenvalue weighted by Gasteiger charge is -2.70. The lowest BCUT2D eigenvalue weighted by atomic mass is 9.37. The molecule has 192 valence electrons. The van der Waals surface area contributed by atoms with Gasteiger partial charge in [0.25, 0.3) is 0 Å². The molecule has 0 aromatic heterocycles. The van der Waals surface area contributed by atoms with Gasteiger partial charge in [-0.2, -0.15) is 0 Å². The maximum Gasteiger partial charge on any atom is 0.226 e. The summed E-state index contributed by atoms with van der Waals surface area (Å²) in [7, 11) is 0. The minimum atomic E-state index is -1.41. The summed E-state index contributed by atoms with van der Waals surface area (Å²) >= 11 is 0. The molecule has 9 rings (SSSR count). The van der Waals surface area contributed by atoms with E-state index in [1.807, 2.05) is 24.3 Å². The molecule has 2 heterocycles. The number of hydrogen-bond acceptors (Lipinski definition) is 5. The molecule has 6 heteroatoms. The SMILES string of the molecule is O=C(NCCc1ccccc1)[C@@H]1C[C@@]23C=C[C@@]1(O)[C@@H]1Oc4c(O)ccc5c4[C@@]12CCN(CC1CC1)[C@H]3C5. The Morgan fingerprint density at radius 1 is 1.14 bits per heavy atom. The fourth-order valence-corrected chi connectivity index (χ4v) is 8.88. The zero-order chi connectivity index (χ0) is 25.0. The van der Waals surface area contributed by atoms with Crippen molar-refractivity contribution in [1.29, 1.82) is 0 Å². The second kappa shape index (κ2) is 7.39. The molecule has 3 fully saturated rings. The van der Waals surface area contributed by atoms with Crippen LogP contribution in [0.5, 0.6) is 11.5 Å². The molecule has 5 aliphatic carbocycles. The van der Waals surface area contributed by atoms with Crippen LogP contribution >= 0.6 is 0 Å². The van der Waals surface area contributed by atoms with Gasteiger partial charge in [-0.1, -0.05) is 48.6 Å². The fourth-order valence-electron chi connectivity index (χ4n) is 8.88. The Hall–Kier alpha value is -2.83. The monoisotopic (exact) mass is 498 g/mol. The zero-order valence-electron chi connectivity index (χ0n) is 21.0. The minimum Gasteiger partial charge on any atom is -0.504 e. The van der Waals surface area contributed by atoms with Crippen LogP contribution in [0.2, 0.25) is 0 Å². The number of aromatic hydroxyl groups is 1. The van der Waals surface area contributed by atoms with Gasteiger partial charge in [0, 0.05) is 30.1 Å². The largest absolute Gasteiger partial charge is 0.504 e. The quantitative estimate of drug-likeness (QED) is 0.534. The number of rotatable bonds is 6. The molecule has 6 nitrogen and oxygen atoms in total. The van der Waals surface area contributed by atoms with Gasteiger partial charge in [-0.25, -0.2) is 0 Å². The Kier molecular flexibility index (Phi) is 4.43. The van der Waals surface area contributed by atoms with Crippen molar-refractivity contribution in [1.82, 2.24) is 10.2 Å². The molecule has 2 aromatic carbocycles. The molecular weight excluding hydrogens is 464 g/mol. The lowest BCUT2D eigenvalue weighted by Crippen LogP contribution is -2.80. The van der Waals surface area contributed by atoms with Gasteiger partial charge in [0.05, 0.1) is 11.3 Å². The Morgan fingerprint density at radius 2 is 1.97 bits per heavy atom. The number of nitrogens with one attached hydrogen (secondary N) is 1. The lowest BCUT2D eigenvalue weighted by molar-refractivity contribution is -0.206. The number of phenols is 1. The molecule has 1 saturated heterocycles. The van der Waals surface area contributed by atoms with E-state index in [4.69, 9.17) is 4.74 Å². The van der Waals surface area contributed by atoms with Gasteiger partial charge < -0.3 is 20.3 Å². The van der Waals surface area contributed by atoms with Gasteiger partial charge in [-0.15, -0.1) is 0 Å². The van der Waals surface area contributed by atoms with Crippen LogP contribution in [0, 0.1) is 17.3 Å². The smallest absolute Gasteiger partial charge is 0.226 e. The first-order valence-corrected chi connectivity index (χ1v) is 14.0. The fraction of sp³-hybridized carbons (Fsp3) is 0.516. The van der Waals surface area contributed by atoms with Crippen LogP contribution in [0.15, 0.2) is 54.6 Å². The molecule has 6 atom stereocenters. The van der Waals surface area contributed by atoms with E-state index >= 15 is 0 Å². The standard InChI is InChI=1S/C31H34N2O4/c34-23-9-8-21-16-24-29-11-12-31(36,22(17-29)27(35)32-14-10-19-4-2-1-3-5-19)28-30(29,25(21)26(23)37-28)13-15-33(24)18-20-6-7-20/h1-5,8-9,11-12,20,22,24,28,34,36H,6-7,10,13-18H2,(H,32,35)/t22-,24-,28+,29+,30-,31-/m0/s1. The highest BCUT2D eigenvalue weighted by Crippen LogP contribution is 2.74. The number of fused-ring (bicyclic) bond motifs is 1. The number of ether oxygens (including phenoxy) is 1. The Balaban J connectivity index is 1.19. The highest BCUT2D eigenvalue weighted by Gasteiger charge is 2.79. The number of hydrogen-bond donors (Lipinski definition) is 3. The van der Waals surface area contributed by atoms with Crippen LogP contribution in [0.3, 0.4) is 0 Å². The third-order valence-electron chi connectivity index (χ3n) is 10.7. The summed E-state index contributed by atoms with van der Waals surface area (Å²) in [6.07, 6.45) is 9.32. The van der Waals surface area contributed by atoms with E-state index in [1.54, 1.807) is 6.07 Å². The summed E-state index contributed by atoms with van der Waals surface area (Å²) in [6.45, 7) is 2.61. The van der Waals surface area contributed by atoms with Crippen molar-refractivity contribution in [3.63, 3.8) is 0 Å². The van der Waals surface area contributed by atoms with E-state index in [2.05, 4.69) is 34.5 Å². The first-order valence-electron chi connectivity index (χ1n) is 14.0. The highest BCUT2D eigenvalue weighted by atomic mass is 16.5. The maximum absolute atomic E-state index is 13.7.